The van der Waals surface area contributed by atoms with Crippen LogP contribution in [0.4, 0.5) is 10.1 Å². The van der Waals surface area contributed by atoms with E-state index in [1.807, 2.05) is 24.3 Å². The standard InChI is InChI=1S/C23H22ClFN6O2/c1-26-22-19(25)7-4-17(21(22)24)8-9-23(33)10-12-30(13-11-23)20(32)14-16-2-5-18(6-3-16)31-15-27-28-29-31/h2-7,15,33H,8-14H2. The third kappa shape index (κ3) is 5.18. The number of carbonyl (C=O) groups is 1. The van der Waals surface area contributed by atoms with E-state index in [1.54, 1.807) is 15.6 Å². The molecule has 2 aromatic carbocycles. The Balaban J connectivity index is 1.30. The first-order chi connectivity index (χ1) is 15.9. The number of aryl methyl sites for hydroxylation is 1. The van der Waals surface area contributed by atoms with Crippen LogP contribution in [0.2, 0.25) is 5.02 Å². The average molecular weight is 469 g/mol. The summed E-state index contributed by atoms with van der Waals surface area (Å²) < 4.78 is 15.2. The Morgan fingerprint density at radius 2 is 1.94 bits per heavy atom. The van der Waals surface area contributed by atoms with Gasteiger partial charge in [0.1, 0.15) is 12.1 Å². The van der Waals surface area contributed by atoms with Crippen molar-refractivity contribution in [1.29, 1.82) is 0 Å². The third-order valence-corrected chi connectivity index (χ3v) is 6.49. The molecule has 1 saturated heterocycles. The number of amides is 1. The van der Waals surface area contributed by atoms with Crippen LogP contribution in [0, 0.1) is 12.4 Å². The van der Waals surface area contributed by atoms with Crippen LogP contribution in [0.5, 0.6) is 0 Å². The summed E-state index contributed by atoms with van der Waals surface area (Å²) in [6.07, 6.45) is 3.54. The Hall–Kier alpha value is -3.35. The number of benzene rings is 2. The summed E-state index contributed by atoms with van der Waals surface area (Å²) in [7, 11) is 0. The van der Waals surface area contributed by atoms with Crippen LogP contribution in [0.1, 0.15) is 30.4 Å². The highest BCUT2D eigenvalue weighted by atomic mass is 35.5. The lowest BCUT2D eigenvalue weighted by molar-refractivity contribution is -0.134. The summed E-state index contributed by atoms with van der Waals surface area (Å²) >= 11 is 6.16. The molecule has 8 nitrogen and oxygen atoms in total. The van der Waals surface area contributed by atoms with E-state index < -0.39 is 11.4 Å². The second kappa shape index (κ2) is 9.65. The predicted octanol–water partition coefficient (Wildman–Crippen LogP) is 3.53. The van der Waals surface area contributed by atoms with E-state index >= 15 is 0 Å². The molecule has 0 bridgehead atoms. The number of halogens is 2. The average Bonchev–Trinajstić information content (AvgIpc) is 3.35. The quantitative estimate of drug-likeness (QED) is 0.559. The maximum absolute atomic E-state index is 13.7. The predicted molar refractivity (Wildman–Crippen MR) is 120 cm³/mol. The van der Waals surface area contributed by atoms with Crippen LogP contribution in [-0.4, -0.2) is 54.8 Å². The lowest BCUT2D eigenvalue weighted by Crippen LogP contribution is -2.47. The molecule has 33 heavy (non-hydrogen) atoms. The van der Waals surface area contributed by atoms with Crippen LogP contribution < -0.4 is 0 Å². The number of aliphatic hydroxyl groups is 1. The van der Waals surface area contributed by atoms with Crippen LogP contribution in [-0.2, 0) is 17.6 Å². The zero-order valence-corrected chi connectivity index (χ0v) is 18.5. The molecule has 0 aliphatic carbocycles. The summed E-state index contributed by atoms with van der Waals surface area (Å²) in [5, 5.41) is 22.1. The number of hydrogen-bond donors (Lipinski definition) is 1. The third-order valence-electron chi connectivity index (χ3n) is 6.07. The molecule has 1 aliphatic heterocycles. The van der Waals surface area contributed by atoms with Crippen molar-refractivity contribution in [3.8, 4) is 5.69 Å². The molecule has 0 saturated carbocycles. The highest BCUT2D eigenvalue weighted by Gasteiger charge is 2.33. The van der Waals surface area contributed by atoms with E-state index in [2.05, 4.69) is 20.4 Å². The fourth-order valence-corrected chi connectivity index (χ4v) is 4.29. The van der Waals surface area contributed by atoms with Gasteiger partial charge in [0.15, 0.2) is 0 Å². The van der Waals surface area contributed by atoms with Gasteiger partial charge >= 0.3 is 0 Å². The molecule has 2 heterocycles. The molecule has 1 fully saturated rings. The van der Waals surface area contributed by atoms with Crippen molar-refractivity contribution >= 4 is 23.2 Å². The SMILES string of the molecule is [C-]#[N+]c1c(F)ccc(CCC2(O)CCN(C(=O)Cc3ccc(-n4cnnn4)cc3)CC2)c1Cl. The molecule has 0 spiro atoms. The summed E-state index contributed by atoms with van der Waals surface area (Å²) in [5.41, 5.74) is 1.22. The van der Waals surface area contributed by atoms with E-state index in [0.717, 1.165) is 11.3 Å². The van der Waals surface area contributed by atoms with E-state index in [-0.39, 0.29) is 23.0 Å². The lowest BCUT2D eigenvalue weighted by Gasteiger charge is -2.38. The highest BCUT2D eigenvalue weighted by Crippen LogP contribution is 2.34. The molecule has 0 unspecified atom stereocenters. The van der Waals surface area contributed by atoms with Gasteiger partial charge in [-0.05, 0) is 65.4 Å². The Labute approximate surface area is 195 Å². The molecular weight excluding hydrogens is 447 g/mol. The summed E-state index contributed by atoms with van der Waals surface area (Å²) in [6, 6.07) is 10.2. The van der Waals surface area contributed by atoms with Crippen LogP contribution in [0.25, 0.3) is 10.5 Å². The second-order valence-electron chi connectivity index (χ2n) is 8.18. The molecule has 10 heteroatoms. The van der Waals surface area contributed by atoms with Gasteiger partial charge in [-0.25, -0.2) is 13.9 Å². The molecule has 1 amide bonds. The minimum atomic E-state index is -0.930. The van der Waals surface area contributed by atoms with Gasteiger partial charge in [-0.1, -0.05) is 29.8 Å². The molecule has 1 aromatic heterocycles. The summed E-state index contributed by atoms with van der Waals surface area (Å²) in [5.74, 6) is -0.634. The first-order valence-corrected chi connectivity index (χ1v) is 10.9. The van der Waals surface area contributed by atoms with Gasteiger partial charge in [-0.2, -0.15) is 0 Å². The zero-order chi connectivity index (χ0) is 23.4. The molecule has 1 N–H and O–H groups in total. The van der Waals surface area contributed by atoms with Gasteiger partial charge in [-0.15, -0.1) is 5.10 Å². The van der Waals surface area contributed by atoms with Gasteiger partial charge in [0.05, 0.1) is 29.3 Å². The maximum atomic E-state index is 13.7. The number of hydrogen-bond acceptors (Lipinski definition) is 5. The summed E-state index contributed by atoms with van der Waals surface area (Å²) in [6.45, 7) is 8.00. The van der Waals surface area contributed by atoms with Crippen LogP contribution in [0.15, 0.2) is 42.7 Å². The van der Waals surface area contributed by atoms with Crippen molar-refractivity contribution in [3.05, 3.63) is 76.1 Å². The Kier molecular flexibility index (Phi) is 6.67. The van der Waals surface area contributed by atoms with Crippen molar-refractivity contribution in [2.75, 3.05) is 13.1 Å². The molecule has 170 valence electrons. The highest BCUT2D eigenvalue weighted by molar-refractivity contribution is 6.34. The summed E-state index contributed by atoms with van der Waals surface area (Å²) in [4.78, 5) is 17.7. The molecule has 0 atom stereocenters. The smallest absolute Gasteiger partial charge is 0.240 e. The molecule has 4 rings (SSSR count). The first kappa shape index (κ1) is 22.8. The Bertz CT molecular complexity index is 1170. The van der Waals surface area contributed by atoms with Gasteiger partial charge in [0.25, 0.3) is 0 Å². The van der Waals surface area contributed by atoms with Gasteiger partial charge in [-0.3, -0.25) is 4.79 Å². The van der Waals surface area contributed by atoms with E-state index in [1.165, 1.54) is 12.4 Å². The van der Waals surface area contributed by atoms with Crippen molar-refractivity contribution in [2.24, 2.45) is 0 Å². The topological polar surface area (TPSA) is 88.5 Å². The number of aromatic nitrogens is 4. The zero-order valence-electron chi connectivity index (χ0n) is 17.8. The van der Waals surface area contributed by atoms with Crippen molar-refractivity contribution in [2.45, 2.75) is 37.7 Å². The number of rotatable bonds is 6. The minimum Gasteiger partial charge on any atom is -0.390 e. The lowest BCUT2D eigenvalue weighted by atomic mass is 9.85. The fourth-order valence-electron chi connectivity index (χ4n) is 4.00. The van der Waals surface area contributed by atoms with Gasteiger partial charge in [0.2, 0.25) is 11.6 Å². The van der Waals surface area contributed by atoms with E-state index in [4.69, 9.17) is 18.2 Å². The van der Waals surface area contributed by atoms with Crippen LogP contribution in [0.3, 0.4) is 0 Å². The largest absolute Gasteiger partial charge is 0.390 e. The van der Waals surface area contributed by atoms with E-state index in [9.17, 15) is 14.3 Å². The Morgan fingerprint density at radius 1 is 1.21 bits per heavy atom. The minimum absolute atomic E-state index is 0.00972. The number of tetrazole rings is 1. The Morgan fingerprint density at radius 3 is 2.58 bits per heavy atom. The first-order valence-electron chi connectivity index (χ1n) is 10.6. The number of nitrogens with zero attached hydrogens (tertiary/aromatic N) is 6. The number of carbonyl (C=O) groups excluding carboxylic acids is 1. The molecule has 0 radical (unpaired) electrons. The molecular formula is C23H22ClFN6O2. The second-order valence-corrected chi connectivity index (χ2v) is 8.56. The van der Waals surface area contributed by atoms with Crippen molar-refractivity contribution < 1.29 is 14.3 Å². The normalized spacial score (nSPS) is 15.3. The number of likely N-dealkylation sites (tertiary alicyclic amines) is 1. The number of piperidine rings is 1. The fraction of sp³-hybridized carbons (Fsp3) is 0.348. The van der Waals surface area contributed by atoms with Crippen molar-refractivity contribution in [3.63, 3.8) is 0 Å². The van der Waals surface area contributed by atoms with Gasteiger partial charge in [0, 0.05) is 13.1 Å². The molecule has 3 aromatic rings. The van der Waals surface area contributed by atoms with Gasteiger partial charge < -0.3 is 10.0 Å². The van der Waals surface area contributed by atoms with Crippen molar-refractivity contribution in [1.82, 2.24) is 25.1 Å². The molecule has 1 aliphatic rings. The van der Waals surface area contributed by atoms with Crippen LogP contribution >= 0.6 is 11.6 Å². The maximum Gasteiger partial charge on any atom is 0.240 e. The van der Waals surface area contributed by atoms with E-state index in [0.29, 0.717) is 44.3 Å². The monoisotopic (exact) mass is 468 g/mol.